The van der Waals surface area contributed by atoms with Gasteiger partial charge in [-0.05, 0) is 43.4 Å². The quantitative estimate of drug-likeness (QED) is 0.704. The third-order valence-electron chi connectivity index (χ3n) is 4.69. The number of benzene rings is 1. The first kappa shape index (κ1) is 16.1. The maximum Gasteiger partial charge on any atom is 0.226 e. The number of aryl methyl sites for hydroxylation is 1. The third kappa shape index (κ3) is 3.54. The van der Waals surface area contributed by atoms with Gasteiger partial charge in [0, 0.05) is 28.1 Å². The molecule has 0 atom stereocenters. The Morgan fingerprint density at radius 3 is 2.96 bits per heavy atom. The highest BCUT2D eigenvalue weighted by atomic mass is 32.1. The first-order valence-electron chi connectivity index (χ1n) is 8.46. The van der Waals surface area contributed by atoms with Crippen molar-refractivity contribution < 1.29 is 9.53 Å². The number of rotatable bonds is 6. The van der Waals surface area contributed by atoms with Gasteiger partial charge >= 0.3 is 0 Å². The van der Waals surface area contributed by atoms with Crippen LogP contribution >= 0.6 is 11.3 Å². The van der Waals surface area contributed by atoms with Crippen LogP contribution in [0.25, 0.3) is 10.9 Å². The van der Waals surface area contributed by atoms with Gasteiger partial charge in [0.25, 0.3) is 0 Å². The average Bonchev–Trinajstić information content (AvgIpc) is 3.04. The van der Waals surface area contributed by atoms with E-state index in [9.17, 15) is 4.79 Å². The number of carbonyl (C=O) groups excluding carboxylic acids is 1. The van der Waals surface area contributed by atoms with Gasteiger partial charge in [0.2, 0.25) is 5.91 Å². The molecule has 2 aromatic heterocycles. The molecule has 0 spiro atoms. The molecular formula is C19H21N3O2S. The number of amides is 1. The SMILES string of the molecule is Cc1nc(COc2ccc3cc(CNC(=O)C4(C)CC4)[nH]c3c2)cs1. The predicted molar refractivity (Wildman–Crippen MR) is 98.7 cm³/mol. The fourth-order valence-electron chi connectivity index (χ4n) is 2.79. The van der Waals surface area contributed by atoms with Crippen molar-refractivity contribution in [2.45, 2.75) is 39.8 Å². The molecule has 1 aliphatic carbocycles. The van der Waals surface area contributed by atoms with Crippen LogP contribution in [0.4, 0.5) is 0 Å². The van der Waals surface area contributed by atoms with E-state index in [1.165, 1.54) is 0 Å². The zero-order valence-electron chi connectivity index (χ0n) is 14.4. The summed E-state index contributed by atoms with van der Waals surface area (Å²) in [7, 11) is 0. The lowest BCUT2D eigenvalue weighted by Crippen LogP contribution is -2.29. The molecule has 1 aliphatic rings. The van der Waals surface area contributed by atoms with Gasteiger partial charge in [-0.15, -0.1) is 11.3 Å². The van der Waals surface area contributed by atoms with Crippen molar-refractivity contribution in [3.63, 3.8) is 0 Å². The highest BCUT2D eigenvalue weighted by Gasteiger charge is 2.44. The summed E-state index contributed by atoms with van der Waals surface area (Å²) >= 11 is 1.63. The number of hydrogen-bond acceptors (Lipinski definition) is 4. The molecule has 2 heterocycles. The van der Waals surface area contributed by atoms with Crippen molar-refractivity contribution in [2.75, 3.05) is 0 Å². The Morgan fingerprint density at radius 1 is 1.40 bits per heavy atom. The summed E-state index contributed by atoms with van der Waals surface area (Å²) in [5, 5.41) is 7.19. The molecular weight excluding hydrogens is 334 g/mol. The van der Waals surface area contributed by atoms with Gasteiger partial charge in [0.1, 0.15) is 12.4 Å². The molecule has 0 aliphatic heterocycles. The highest BCUT2D eigenvalue weighted by molar-refractivity contribution is 7.09. The van der Waals surface area contributed by atoms with Crippen molar-refractivity contribution in [1.82, 2.24) is 15.3 Å². The van der Waals surface area contributed by atoms with Crippen LogP contribution in [0.15, 0.2) is 29.6 Å². The standard InChI is InChI=1S/C19H21N3O2S/c1-12-21-15(11-25-12)10-24-16-4-3-13-7-14(22-17(13)8-16)9-20-18(23)19(2)5-6-19/h3-4,7-8,11,22H,5-6,9-10H2,1-2H3,(H,20,23). The molecule has 3 aromatic rings. The Kier molecular flexibility index (Phi) is 4.00. The lowest BCUT2D eigenvalue weighted by atomic mass is 10.1. The number of nitrogens with zero attached hydrogens (tertiary/aromatic N) is 1. The number of aromatic nitrogens is 2. The minimum Gasteiger partial charge on any atom is -0.487 e. The number of ether oxygens (including phenoxy) is 1. The summed E-state index contributed by atoms with van der Waals surface area (Å²) in [6.07, 6.45) is 1.98. The third-order valence-corrected chi connectivity index (χ3v) is 5.51. The fraction of sp³-hybridized carbons (Fsp3) is 0.368. The summed E-state index contributed by atoms with van der Waals surface area (Å²) in [6, 6.07) is 8.05. The van der Waals surface area contributed by atoms with Crippen LogP contribution in [0.1, 0.15) is 36.2 Å². The second-order valence-corrected chi connectivity index (χ2v) is 8.00. The second kappa shape index (κ2) is 6.19. The second-order valence-electron chi connectivity index (χ2n) is 6.93. The predicted octanol–water partition coefficient (Wildman–Crippen LogP) is 3.93. The first-order valence-corrected chi connectivity index (χ1v) is 9.34. The zero-order chi connectivity index (χ0) is 17.4. The summed E-state index contributed by atoms with van der Waals surface area (Å²) in [6.45, 7) is 5.00. The van der Waals surface area contributed by atoms with Crippen molar-refractivity contribution in [2.24, 2.45) is 5.41 Å². The van der Waals surface area contributed by atoms with E-state index in [4.69, 9.17) is 4.74 Å². The molecule has 1 amide bonds. The van der Waals surface area contributed by atoms with Crippen LogP contribution in [-0.4, -0.2) is 15.9 Å². The molecule has 1 saturated carbocycles. The minimum atomic E-state index is -0.138. The van der Waals surface area contributed by atoms with Crippen molar-refractivity contribution in [3.8, 4) is 5.75 Å². The Hall–Kier alpha value is -2.34. The van der Waals surface area contributed by atoms with E-state index in [0.29, 0.717) is 13.2 Å². The Labute approximate surface area is 150 Å². The van der Waals surface area contributed by atoms with Gasteiger partial charge < -0.3 is 15.0 Å². The molecule has 25 heavy (non-hydrogen) atoms. The van der Waals surface area contributed by atoms with Crippen LogP contribution in [0.2, 0.25) is 0 Å². The summed E-state index contributed by atoms with van der Waals surface area (Å²) < 4.78 is 5.83. The van der Waals surface area contributed by atoms with Gasteiger partial charge in [-0.3, -0.25) is 4.79 Å². The highest BCUT2D eigenvalue weighted by Crippen LogP contribution is 2.45. The maximum atomic E-state index is 12.0. The first-order chi connectivity index (χ1) is 12.0. The van der Waals surface area contributed by atoms with Gasteiger partial charge in [0.05, 0.1) is 17.2 Å². The van der Waals surface area contributed by atoms with E-state index in [2.05, 4.69) is 21.4 Å². The largest absolute Gasteiger partial charge is 0.487 e. The number of H-pyrrole nitrogens is 1. The number of aromatic amines is 1. The summed E-state index contributed by atoms with van der Waals surface area (Å²) in [5.74, 6) is 0.954. The smallest absolute Gasteiger partial charge is 0.226 e. The molecule has 0 radical (unpaired) electrons. The van der Waals surface area contributed by atoms with Crippen LogP contribution in [0, 0.1) is 12.3 Å². The van der Waals surface area contributed by atoms with E-state index in [1.54, 1.807) is 11.3 Å². The van der Waals surface area contributed by atoms with E-state index in [-0.39, 0.29) is 11.3 Å². The van der Waals surface area contributed by atoms with E-state index < -0.39 is 0 Å². The normalized spacial score (nSPS) is 15.3. The zero-order valence-corrected chi connectivity index (χ0v) is 15.2. The van der Waals surface area contributed by atoms with E-state index >= 15 is 0 Å². The molecule has 6 heteroatoms. The molecule has 1 aromatic carbocycles. The van der Waals surface area contributed by atoms with E-state index in [1.807, 2.05) is 37.4 Å². The van der Waals surface area contributed by atoms with Crippen LogP contribution in [0.3, 0.4) is 0 Å². The van der Waals surface area contributed by atoms with Crippen LogP contribution in [0.5, 0.6) is 5.75 Å². The van der Waals surface area contributed by atoms with E-state index in [0.717, 1.165) is 45.9 Å². The molecule has 4 rings (SSSR count). The molecule has 1 fully saturated rings. The molecule has 130 valence electrons. The van der Waals surface area contributed by atoms with Crippen LogP contribution in [-0.2, 0) is 17.9 Å². The molecule has 2 N–H and O–H groups in total. The average molecular weight is 355 g/mol. The summed E-state index contributed by atoms with van der Waals surface area (Å²) in [5.41, 5.74) is 2.82. The lowest BCUT2D eigenvalue weighted by Gasteiger charge is -2.08. The number of carbonyl (C=O) groups is 1. The van der Waals surface area contributed by atoms with Crippen molar-refractivity contribution in [3.05, 3.63) is 46.0 Å². The maximum absolute atomic E-state index is 12.0. The minimum absolute atomic E-state index is 0.138. The van der Waals surface area contributed by atoms with Gasteiger partial charge in [0.15, 0.2) is 0 Å². The Morgan fingerprint density at radius 2 is 2.24 bits per heavy atom. The van der Waals surface area contributed by atoms with Gasteiger partial charge in [-0.25, -0.2) is 4.98 Å². The van der Waals surface area contributed by atoms with Crippen molar-refractivity contribution in [1.29, 1.82) is 0 Å². The monoisotopic (exact) mass is 355 g/mol. The van der Waals surface area contributed by atoms with Gasteiger partial charge in [-0.1, -0.05) is 6.92 Å². The molecule has 0 bridgehead atoms. The van der Waals surface area contributed by atoms with Crippen LogP contribution < -0.4 is 10.1 Å². The van der Waals surface area contributed by atoms with Gasteiger partial charge in [-0.2, -0.15) is 0 Å². The summed E-state index contributed by atoms with van der Waals surface area (Å²) in [4.78, 5) is 19.8. The van der Waals surface area contributed by atoms with Crippen molar-refractivity contribution >= 4 is 28.1 Å². The number of thiazole rings is 1. The number of fused-ring (bicyclic) bond motifs is 1. The lowest BCUT2D eigenvalue weighted by molar-refractivity contribution is -0.125. The number of nitrogens with one attached hydrogen (secondary N) is 2. The molecule has 5 nitrogen and oxygen atoms in total. The molecule has 0 unspecified atom stereocenters. The topological polar surface area (TPSA) is 67.0 Å². The Bertz CT molecular complexity index is 924. The Balaban J connectivity index is 1.41. The molecule has 0 saturated heterocycles. The fourth-order valence-corrected chi connectivity index (χ4v) is 3.38. The number of hydrogen-bond donors (Lipinski definition) is 2.